The number of carbonyl (C=O) groups excluding carboxylic acids is 2. The van der Waals surface area contributed by atoms with Gasteiger partial charge in [0.1, 0.15) is 0 Å². The van der Waals surface area contributed by atoms with Crippen molar-refractivity contribution >= 4 is 17.6 Å². The second-order valence-electron chi connectivity index (χ2n) is 4.62. The van der Waals surface area contributed by atoms with E-state index in [2.05, 4.69) is 10.1 Å². The summed E-state index contributed by atoms with van der Waals surface area (Å²) in [6.07, 6.45) is 0. The van der Waals surface area contributed by atoms with Crippen molar-refractivity contribution in [2.45, 2.75) is 5.92 Å². The van der Waals surface area contributed by atoms with Crippen LogP contribution >= 0.6 is 0 Å². The first-order chi connectivity index (χ1) is 9.70. The number of ether oxygens (including phenoxy) is 1. The standard InChI is InChI=1S/C16H13NO3/c1-20-16(19)11-8-6-10(7-9-11)14-12-4-2-3-5-13(12)17-15(14)18/h2-9,14H,1H3,(H,17,18). The zero-order valence-electron chi connectivity index (χ0n) is 10.9. The summed E-state index contributed by atoms with van der Waals surface area (Å²) < 4.78 is 4.66. The summed E-state index contributed by atoms with van der Waals surface area (Å²) >= 11 is 0. The van der Waals surface area contributed by atoms with Gasteiger partial charge in [0.25, 0.3) is 0 Å². The Morgan fingerprint density at radius 2 is 1.80 bits per heavy atom. The molecule has 100 valence electrons. The highest BCUT2D eigenvalue weighted by Gasteiger charge is 2.31. The second-order valence-corrected chi connectivity index (χ2v) is 4.62. The number of esters is 1. The molecule has 20 heavy (non-hydrogen) atoms. The molecule has 2 aromatic rings. The van der Waals surface area contributed by atoms with Gasteiger partial charge in [0.15, 0.2) is 0 Å². The van der Waals surface area contributed by atoms with Crippen molar-refractivity contribution in [1.29, 1.82) is 0 Å². The summed E-state index contributed by atoms with van der Waals surface area (Å²) in [5.41, 5.74) is 3.14. The van der Waals surface area contributed by atoms with Crippen LogP contribution < -0.4 is 5.32 Å². The van der Waals surface area contributed by atoms with Crippen molar-refractivity contribution in [3.05, 3.63) is 65.2 Å². The van der Waals surface area contributed by atoms with Gasteiger partial charge < -0.3 is 10.1 Å². The number of fused-ring (bicyclic) bond motifs is 1. The molecule has 0 fully saturated rings. The molecule has 0 radical (unpaired) electrons. The first-order valence-electron chi connectivity index (χ1n) is 6.29. The molecule has 0 aromatic heterocycles. The van der Waals surface area contributed by atoms with Crippen LogP contribution in [-0.4, -0.2) is 19.0 Å². The predicted molar refractivity (Wildman–Crippen MR) is 74.7 cm³/mol. The van der Waals surface area contributed by atoms with E-state index in [0.717, 1.165) is 16.8 Å². The van der Waals surface area contributed by atoms with Crippen molar-refractivity contribution in [3.63, 3.8) is 0 Å². The summed E-state index contributed by atoms with van der Waals surface area (Å²) in [6.45, 7) is 0. The van der Waals surface area contributed by atoms with Gasteiger partial charge in [-0.1, -0.05) is 30.3 Å². The van der Waals surface area contributed by atoms with Crippen LogP contribution in [0, 0.1) is 0 Å². The minimum atomic E-state index is -0.382. The summed E-state index contributed by atoms with van der Waals surface area (Å²) in [6, 6.07) is 14.6. The van der Waals surface area contributed by atoms with Crippen molar-refractivity contribution < 1.29 is 14.3 Å². The highest BCUT2D eigenvalue weighted by molar-refractivity contribution is 6.05. The van der Waals surface area contributed by atoms with Crippen molar-refractivity contribution in [2.24, 2.45) is 0 Å². The summed E-state index contributed by atoms with van der Waals surface area (Å²) in [4.78, 5) is 23.5. The Bertz CT molecular complexity index is 676. The Kier molecular flexibility index (Phi) is 2.99. The predicted octanol–water partition coefficient (Wildman–Crippen LogP) is 2.56. The Morgan fingerprint density at radius 1 is 1.10 bits per heavy atom. The fourth-order valence-electron chi connectivity index (χ4n) is 2.47. The highest BCUT2D eigenvalue weighted by atomic mass is 16.5. The van der Waals surface area contributed by atoms with Gasteiger partial charge in [-0.2, -0.15) is 0 Å². The molecule has 4 heteroatoms. The number of benzene rings is 2. The average Bonchev–Trinajstić information content (AvgIpc) is 2.82. The van der Waals surface area contributed by atoms with Gasteiger partial charge in [-0.05, 0) is 29.3 Å². The third-order valence-corrected chi connectivity index (χ3v) is 3.46. The minimum absolute atomic E-state index is 0.0444. The lowest BCUT2D eigenvalue weighted by Crippen LogP contribution is -2.13. The van der Waals surface area contributed by atoms with Gasteiger partial charge >= 0.3 is 5.97 Å². The van der Waals surface area contributed by atoms with E-state index in [9.17, 15) is 9.59 Å². The summed E-state index contributed by atoms with van der Waals surface area (Å²) in [7, 11) is 1.34. The van der Waals surface area contributed by atoms with E-state index < -0.39 is 0 Å². The fourth-order valence-corrected chi connectivity index (χ4v) is 2.47. The van der Waals surface area contributed by atoms with Gasteiger partial charge in [-0.15, -0.1) is 0 Å². The molecule has 1 heterocycles. The van der Waals surface area contributed by atoms with Crippen molar-refractivity contribution in [3.8, 4) is 0 Å². The number of amides is 1. The molecule has 1 atom stereocenters. The SMILES string of the molecule is COC(=O)c1ccc(C2C(=O)Nc3ccccc32)cc1. The van der Waals surface area contributed by atoms with Gasteiger partial charge in [-0.25, -0.2) is 4.79 Å². The number of carbonyl (C=O) groups is 2. The monoisotopic (exact) mass is 267 g/mol. The topological polar surface area (TPSA) is 55.4 Å². The fraction of sp³-hybridized carbons (Fsp3) is 0.125. The van der Waals surface area contributed by atoms with Crippen molar-refractivity contribution in [1.82, 2.24) is 0 Å². The quantitative estimate of drug-likeness (QED) is 0.851. The van der Waals surface area contributed by atoms with E-state index in [1.165, 1.54) is 7.11 Å². The first kappa shape index (κ1) is 12.4. The molecule has 0 saturated heterocycles. The number of anilines is 1. The molecule has 0 bridgehead atoms. The maximum Gasteiger partial charge on any atom is 0.337 e. The first-order valence-corrected chi connectivity index (χ1v) is 6.29. The van der Waals surface area contributed by atoms with E-state index in [4.69, 9.17) is 0 Å². The van der Waals surface area contributed by atoms with Gasteiger partial charge in [-0.3, -0.25) is 4.79 Å². The van der Waals surface area contributed by atoms with Gasteiger partial charge in [0.2, 0.25) is 5.91 Å². The zero-order valence-corrected chi connectivity index (χ0v) is 10.9. The molecular formula is C16H13NO3. The minimum Gasteiger partial charge on any atom is -0.465 e. The van der Waals surface area contributed by atoms with Crippen LogP contribution in [0.4, 0.5) is 5.69 Å². The van der Waals surface area contributed by atoms with Crippen LogP contribution in [0.15, 0.2) is 48.5 Å². The molecule has 3 rings (SSSR count). The molecule has 0 spiro atoms. The van der Waals surface area contributed by atoms with Crippen LogP contribution in [-0.2, 0) is 9.53 Å². The number of methoxy groups -OCH3 is 1. The van der Waals surface area contributed by atoms with Crippen molar-refractivity contribution in [2.75, 3.05) is 12.4 Å². The Balaban J connectivity index is 1.97. The summed E-state index contributed by atoms with van der Waals surface area (Å²) in [5, 5.41) is 2.86. The molecule has 1 aliphatic heterocycles. The van der Waals surface area contributed by atoms with E-state index in [1.54, 1.807) is 24.3 Å². The molecule has 0 aliphatic carbocycles. The Morgan fingerprint density at radius 3 is 2.50 bits per heavy atom. The normalized spacial score (nSPS) is 16.4. The Labute approximate surface area is 116 Å². The number of hydrogen-bond acceptors (Lipinski definition) is 3. The molecule has 1 N–H and O–H groups in total. The molecule has 1 unspecified atom stereocenters. The molecule has 2 aromatic carbocycles. The van der Waals surface area contributed by atoms with E-state index in [-0.39, 0.29) is 17.8 Å². The molecular weight excluding hydrogens is 254 g/mol. The molecule has 1 amide bonds. The lowest BCUT2D eigenvalue weighted by atomic mass is 9.92. The lowest BCUT2D eigenvalue weighted by molar-refractivity contribution is -0.116. The van der Waals surface area contributed by atoms with Crippen LogP contribution in [0.25, 0.3) is 0 Å². The largest absolute Gasteiger partial charge is 0.465 e. The molecule has 4 nitrogen and oxygen atoms in total. The van der Waals surface area contributed by atoms with E-state index in [1.807, 2.05) is 24.3 Å². The second kappa shape index (κ2) is 4.81. The van der Waals surface area contributed by atoms with Crippen LogP contribution in [0.3, 0.4) is 0 Å². The van der Waals surface area contributed by atoms with E-state index >= 15 is 0 Å². The average molecular weight is 267 g/mol. The zero-order chi connectivity index (χ0) is 14.1. The number of para-hydroxylation sites is 1. The summed E-state index contributed by atoms with van der Waals surface area (Å²) in [5.74, 6) is -0.747. The third kappa shape index (κ3) is 1.95. The van der Waals surface area contributed by atoms with E-state index in [0.29, 0.717) is 5.56 Å². The van der Waals surface area contributed by atoms with Gasteiger partial charge in [0.05, 0.1) is 18.6 Å². The number of rotatable bonds is 2. The van der Waals surface area contributed by atoms with Crippen LogP contribution in [0.5, 0.6) is 0 Å². The maximum absolute atomic E-state index is 12.1. The third-order valence-electron chi connectivity index (χ3n) is 3.46. The van der Waals surface area contributed by atoms with Gasteiger partial charge in [0, 0.05) is 5.69 Å². The number of hydrogen-bond donors (Lipinski definition) is 1. The smallest absolute Gasteiger partial charge is 0.337 e. The maximum atomic E-state index is 12.1. The Hall–Kier alpha value is -2.62. The molecule has 1 aliphatic rings. The van der Waals surface area contributed by atoms with Crippen LogP contribution in [0.2, 0.25) is 0 Å². The molecule has 0 saturated carbocycles. The lowest BCUT2D eigenvalue weighted by Gasteiger charge is -2.09. The van der Waals surface area contributed by atoms with Crippen LogP contribution in [0.1, 0.15) is 27.4 Å². The highest BCUT2D eigenvalue weighted by Crippen LogP contribution is 2.36. The number of nitrogens with one attached hydrogen (secondary N) is 1.